The van der Waals surface area contributed by atoms with E-state index in [0.29, 0.717) is 0 Å². The Morgan fingerprint density at radius 2 is 2.00 bits per heavy atom. The lowest BCUT2D eigenvalue weighted by Crippen LogP contribution is -2.11. The SMILES string of the molecule is COC(=O)Cc1cc(OC)nc(C(F)(F)F)c1. The molecule has 0 spiro atoms. The van der Waals surface area contributed by atoms with Crippen molar-refractivity contribution in [3.63, 3.8) is 0 Å². The van der Waals surface area contributed by atoms with E-state index in [-0.39, 0.29) is 17.9 Å². The molecule has 0 saturated carbocycles. The fraction of sp³-hybridized carbons (Fsp3) is 0.400. The van der Waals surface area contributed by atoms with Gasteiger partial charge in [-0.05, 0) is 11.6 Å². The first-order chi connectivity index (χ1) is 7.86. The number of hydrogen-bond donors (Lipinski definition) is 0. The van der Waals surface area contributed by atoms with Crippen molar-refractivity contribution in [1.82, 2.24) is 4.98 Å². The van der Waals surface area contributed by atoms with Crippen molar-refractivity contribution in [2.75, 3.05) is 14.2 Å². The minimum absolute atomic E-state index is 0.135. The van der Waals surface area contributed by atoms with E-state index >= 15 is 0 Å². The summed E-state index contributed by atoms with van der Waals surface area (Å²) in [5.74, 6) is -0.829. The van der Waals surface area contributed by atoms with E-state index in [9.17, 15) is 18.0 Å². The number of pyridine rings is 1. The van der Waals surface area contributed by atoms with Crippen LogP contribution < -0.4 is 4.74 Å². The first kappa shape index (κ1) is 13.3. The molecule has 0 aliphatic heterocycles. The van der Waals surface area contributed by atoms with Gasteiger partial charge in [-0.2, -0.15) is 13.2 Å². The van der Waals surface area contributed by atoms with Crippen molar-refractivity contribution < 1.29 is 27.4 Å². The topological polar surface area (TPSA) is 48.4 Å². The summed E-state index contributed by atoms with van der Waals surface area (Å²) in [6.45, 7) is 0. The van der Waals surface area contributed by atoms with E-state index in [1.54, 1.807) is 0 Å². The number of aromatic nitrogens is 1. The molecule has 0 radical (unpaired) electrons. The monoisotopic (exact) mass is 249 g/mol. The van der Waals surface area contributed by atoms with Crippen LogP contribution in [0.15, 0.2) is 12.1 Å². The second-order valence-electron chi connectivity index (χ2n) is 3.15. The van der Waals surface area contributed by atoms with E-state index in [0.717, 1.165) is 13.2 Å². The van der Waals surface area contributed by atoms with E-state index in [1.807, 2.05) is 0 Å². The second-order valence-corrected chi connectivity index (χ2v) is 3.15. The van der Waals surface area contributed by atoms with Crippen LogP contribution in [0.2, 0.25) is 0 Å². The maximum absolute atomic E-state index is 12.5. The normalized spacial score (nSPS) is 11.1. The van der Waals surface area contributed by atoms with Gasteiger partial charge in [-0.3, -0.25) is 4.79 Å². The number of halogens is 3. The van der Waals surface area contributed by atoms with Crippen LogP contribution in [0.5, 0.6) is 5.88 Å². The molecule has 1 heterocycles. The third-order valence-corrected chi connectivity index (χ3v) is 1.94. The highest BCUT2D eigenvalue weighted by atomic mass is 19.4. The van der Waals surface area contributed by atoms with Gasteiger partial charge >= 0.3 is 12.1 Å². The largest absolute Gasteiger partial charge is 0.481 e. The Kier molecular flexibility index (Phi) is 3.93. The summed E-state index contributed by atoms with van der Waals surface area (Å²) in [5.41, 5.74) is -0.966. The lowest BCUT2D eigenvalue weighted by atomic mass is 10.1. The molecule has 0 fully saturated rings. The average Bonchev–Trinajstić information content (AvgIpc) is 2.27. The predicted molar refractivity (Wildman–Crippen MR) is 51.5 cm³/mol. The first-order valence-corrected chi connectivity index (χ1v) is 4.55. The number of carbonyl (C=O) groups excluding carboxylic acids is 1. The zero-order valence-electron chi connectivity index (χ0n) is 9.17. The molecule has 0 aromatic carbocycles. The van der Waals surface area contributed by atoms with Gasteiger partial charge in [0.05, 0.1) is 20.6 Å². The van der Waals surface area contributed by atoms with Crippen LogP contribution in [0.25, 0.3) is 0 Å². The number of alkyl halides is 3. The number of esters is 1. The smallest absolute Gasteiger partial charge is 0.433 e. The van der Waals surface area contributed by atoms with Crippen molar-refractivity contribution in [3.05, 3.63) is 23.4 Å². The molecule has 17 heavy (non-hydrogen) atoms. The van der Waals surface area contributed by atoms with Gasteiger partial charge in [0, 0.05) is 6.07 Å². The molecule has 0 N–H and O–H groups in total. The standard InChI is InChI=1S/C10H10F3NO3/c1-16-8-4-6(5-9(15)17-2)3-7(14-8)10(11,12)13/h3-4H,5H2,1-2H3. The summed E-state index contributed by atoms with van der Waals surface area (Å²) in [4.78, 5) is 14.2. The molecule has 0 bridgehead atoms. The Morgan fingerprint density at radius 1 is 1.35 bits per heavy atom. The fourth-order valence-corrected chi connectivity index (χ4v) is 1.15. The molecule has 1 aromatic rings. The van der Waals surface area contributed by atoms with E-state index in [2.05, 4.69) is 14.5 Å². The molecule has 1 aromatic heterocycles. The summed E-state index contributed by atoms with van der Waals surface area (Å²) >= 11 is 0. The zero-order valence-corrected chi connectivity index (χ0v) is 9.17. The predicted octanol–water partition coefficient (Wildman–Crippen LogP) is 1.82. The summed E-state index contributed by atoms with van der Waals surface area (Å²) in [6.07, 6.45) is -4.85. The molecule has 0 atom stereocenters. The summed E-state index contributed by atoms with van der Waals surface area (Å²) in [5, 5.41) is 0. The van der Waals surface area contributed by atoms with Crippen LogP contribution in [-0.2, 0) is 22.1 Å². The first-order valence-electron chi connectivity index (χ1n) is 4.55. The maximum Gasteiger partial charge on any atom is 0.433 e. The third-order valence-electron chi connectivity index (χ3n) is 1.94. The quantitative estimate of drug-likeness (QED) is 0.767. The molecule has 1 rings (SSSR count). The second kappa shape index (κ2) is 5.03. The molecule has 7 heteroatoms. The molecule has 4 nitrogen and oxygen atoms in total. The lowest BCUT2D eigenvalue weighted by molar-refractivity contribution is -0.142. The van der Waals surface area contributed by atoms with E-state index in [4.69, 9.17) is 0 Å². The van der Waals surface area contributed by atoms with Gasteiger partial charge in [0.1, 0.15) is 5.69 Å². The molecule has 0 saturated heterocycles. The van der Waals surface area contributed by atoms with Gasteiger partial charge < -0.3 is 9.47 Å². The fourth-order valence-electron chi connectivity index (χ4n) is 1.15. The van der Waals surface area contributed by atoms with Crippen molar-refractivity contribution >= 4 is 5.97 Å². The number of hydrogen-bond acceptors (Lipinski definition) is 4. The van der Waals surface area contributed by atoms with Gasteiger partial charge in [-0.15, -0.1) is 0 Å². The Balaban J connectivity index is 3.10. The molecular formula is C10H10F3NO3. The Labute approximate surface area is 95.4 Å². The van der Waals surface area contributed by atoms with Crippen molar-refractivity contribution in [1.29, 1.82) is 0 Å². The molecular weight excluding hydrogens is 239 g/mol. The molecule has 0 amide bonds. The maximum atomic E-state index is 12.5. The number of methoxy groups -OCH3 is 2. The minimum Gasteiger partial charge on any atom is -0.481 e. The molecule has 94 valence electrons. The van der Waals surface area contributed by atoms with Gasteiger partial charge in [0.2, 0.25) is 5.88 Å². The third kappa shape index (κ3) is 3.61. The number of rotatable bonds is 3. The van der Waals surface area contributed by atoms with Crippen LogP contribution in [0.3, 0.4) is 0 Å². The average molecular weight is 249 g/mol. The van der Waals surface area contributed by atoms with Crippen LogP contribution in [-0.4, -0.2) is 25.2 Å². The van der Waals surface area contributed by atoms with E-state index < -0.39 is 17.8 Å². The van der Waals surface area contributed by atoms with Crippen LogP contribution >= 0.6 is 0 Å². The highest BCUT2D eigenvalue weighted by molar-refractivity contribution is 5.72. The Morgan fingerprint density at radius 3 is 2.47 bits per heavy atom. The van der Waals surface area contributed by atoms with Crippen LogP contribution in [0.1, 0.15) is 11.3 Å². The van der Waals surface area contributed by atoms with Crippen molar-refractivity contribution in [2.45, 2.75) is 12.6 Å². The van der Waals surface area contributed by atoms with Gasteiger partial charge in [-0.25, -0.2) is 4.98 Å². The Bertz CT molecular complexity index is 418. The van der Waals surface area contributed by atoms with Gasteiger partial charge in [0.25, 0.3) is 0 Å². The summed E-state index contributed by atoms with van der Waals surface area (Å²) in [6, 6.07) is 2.05. The van der Waals surface area contributed by atoms with Crippen molar-refractivity contribution in [3.8, 4) is 5.88 Å². The minimum atomic E-state index is -4.58. The molecule has 0 aliphatic rings. The van der Waals surface area contributed by atoms with Crippen LogP contribution in [0, 0.1) is 0 Å². The number of nitrogens with zero attached hydrogens (tertiary/aromatic N) is 1. The summed E-state index contributed by atoms with van der Waals surface area (Å²) in [7, 11) is 2.36. The van der Waals surface area contributed by atoms with Gasteiger partial charge in [-0.1, -0.05) is 0 Å². The molecule has 0 unspecified atom stereocenters. The Hall–Kier alpha value is -1.79. The molecule has 0 aliphatic carbocycles. The van der Waals surface area contributed by atoms with Gasteiger partial charge in [0.15, 0.2) is 0 Å². The van der Waals surface area contributed by atoms with Crippen molar-refractivity contribution in [2.24, 2.45) is 0 Å². The zero-order chi connectivity index (χ0) is 13.1. The summed E-state index contributed by atoms with van der Waals surface area (Å²) < 4.78 is 46.4. The van der Waals surface area contributed by atoms with Crippen LogP contribution in [0.4, 0.5) is 13.2 Å². The number of carbonyl (C=O) groups is 1. The number of ether oxygens (including phenoxy) is 2. The van der Waals surface area contributed by atoms with E-state index in [1.165, 1.54) is 13.2 Å². The highest BCUT2D eigenvalue weighted by Crippen LogP contribution is 2.30. The highest BCUT2D eigenvalue weighted by Gasteiger charge is 2.33. The lowest BCUT2D eigenvalue weighted by Gasteiger charge is -2.09.